The Morgan fingerprint density at radius 3 is 0.966 bits per heavy atom. The van der Waals surface area contributed by atoms with Gasteiger partial charge in [0.25, 0.3) is 47.3 Å². The number of anilines is 8. The van der Waals surface area contributed by atoms with Gasteiger partial charge in [0, 0.05) is 222 Å². The van der Waals surface area contributed by atoms with E-state index in [4.69, 9.17) is 11.6 Å². The third-order valence-electron chi connectivity index (χ3n) is 27.1. The van der Waals surface area contributed by atoms with E-state index in [1.807, 2.05) is 144 Å². The van der Waals surface area contributed by atoms with Gasteiger partial charge in [-0.05, 0) is 244 Å². The number of carbonyl (C=O) groups is 8. The molecule has 786 valence electrons. The van der Waals surface area contributed by atoms with Crippen LogP contribution in [0.5, 0.6) is 0 Å². The van der Waals surface area contributed by atoms with Crippen molar-refractivity contribution in [1.29, 1.82) is 0 Å². The van der Waals surface area contributed by atoms with Gasteiger partial charge in [-0.1, -0.05) is 156 Å². The fraction of sp³-hybridized carbons (Fsp3) is 0.368. The number of nitrogens with one attached hydrogen (secondary N) is 8. The van der Waals surface area contributed by atoms with Crippen molar-refractivity contribution in [3.05, 3.63) is 340 Å². The minimum Gasteiger partial charge on any atom is -0.367 e. The first-order valence-corrected chi connectivity index (χ1v) is 54.7. The van der Waals surface area contributed by atoms with E-state index in [1.165, 1.54) is 67.4 Å². The number of hydrogen-bond donors (Lipinski definition) is 8. The molecule has 3 aromatic heterocycles. The molecule has 0 spiro atoms. The van der Waals surface area contributed by atoms with Crippen LogP contribution in [-0.2, 0) is 19.3 Å². The normalized spacial score (nSPS) is 15.4. The lowest BCUT2D eigenvalue weighted by atomic mass is 10.1. The minimum absolute atomic E-state index is 0.124. The average Bonchev–Trinajstić information content (AvgIpc) is 1.64. The van der Waals surface area contributed by atoms with Crippen molar-refractivity contribution >= 4 is 138 Å². The zero-order valence-corrected chi connectivity index (χ0v) is 90.8. The van der Waals surface area contributed by atoms with Crippen molar-refractivity contribution < 1.29 is 38.4 Å². The molecule has 32 heteroatoms. The quantitative estimate of drug-likeness (QED) is 0.0178. The summed E-state index contributed by atoms with van der Waals surface area (Å²) in [5.41, 5.74) is 16.3. The molecular weight excluding hydrogens is 1950 g/mol. The Bertz CT molecular complexity index is 6310. The van der Waals surface area contributed by atoms with Crippen LogP contribution in [0.4, 0.5) is 45.5 Å². The molecular formula is C117H145ClN20O8S3. The van der Waals surface area contributed by atoms with Crippen molar-refractivity contribution in [3.63, 3.8) is 0 Å². The molecule has 8 N–H and O–H groups in total. The van der Waals surface area contributed by atoms with Gasteiger partial charge in [-0.15, -0.1) is 34.0 Å². The van der Waals surface area contributed by atoms with E-state index in [9.17, 15) is 38.4 Å². The molecule has 5 aliphatic rings. The number of likely N-dealkylation sites (N-methyl/N-ethyl adjacent to an activating group) is 4. The maximum absolute atomic E-state index is 13.2. The summed E-state index contributed by atoms with van der Waals surface area (Å²) in [6.45, 7) is 28.7. The zero-order chi connectivity index (χ0) is 105. The summed E-state index contributed by atoms with van der Waals surface area (Å²) in [5.74, 6) is -0.923. The standard InChI is InChI=1S/C31H36ClN5O2.2C29H37N5O2S.C28H35N5O2S/c1-35(2)13-14-36-15-17-37(18-16-36)29-12-11-24(20-28(29)34-30(38)23-9-6-10-25(32)19-23)31(39)33-27-21-26(27)22-7-4-3-5-8-22;1-22-6-4-7-23(20-22)11-12-30-28(35)24-9-10-26(25(21-24)31-29(36)27-8-5-19-37-27)34-17-15-33(16-18-34)14-13-32(2)3;1-22-6-8-23(9-7-22)12-13-30-28(35)24-10-11-26(25(21-24)31-29(36)27-5-4-20-37-27)34-18-16-33(17-19-34)15-14-32(2)3;1-31(2)14-15-32-16-18-33(19-17-32)25-11-10-23(21-24(25)30-28(35)26-9-6-20-36-26)27(34)29-13-12-22-7-4-3-5-8-22/h3-12,19-20,26-27H,13-18,21H2,1-2H3,(H,33,39)(H,34,38);4-10,19-21H,11-18H2,1-3H3,(H,30,35)(H,31,36);4-11,20-21H,12-19H2,1-3H3,(H,30,35)(H,31,36);3-11,20-21H,12-19H2,1-2H3,(H,29,34)(H,30,35)/t26-,27?;;;/m1.../s1. The molecule has 17 rings (SSSR count). The fourth-order valence-corrected chi connectivity index (χ4v) is 20.3. The van der Waals surface area contributed by atoms with Crippen LogP contribution in [0.25, 0.3) is 0 Å². The highest BCUT2D eigenvalue weighted by Crippen LogP contribution is 2.42. The number of nitrogens with zero attached hydrogens (tertiary/aromatic N) is 12. The number of thiophene rings is 3. The smallest absolute Gasteiger partial charge is 0.265 e. The maximum atomic E-state index is 13.2. The van der Waals surface area contributed by atoms with Gasteiger partial charge in [-0.2, -0.15) is 0 Å². The van der Waals surface area contributed by atoms with Crippen LogP contribution < -0.4 is 62.1 Å². The van der Waals surface area contributed by atoms with Crippen LogP contribution in [0, 0.1) is 13.8 Å². The molecule has 4 saturated heterocycles. The molecule has 0 bridgehead atoms. The van der Waals surface area contributed by atoms with Gasteiger partial charge in [-0.25, -0.2) is 0 Å². The van der Waals surface area contributed by atoms with Crippen LogP contribution >= 0.6 is 45.6 Å². The van der Waals surface area contributed by atoms with E-state index in [-0.39, 0.29) is 53.3 Å². The Hall–Kier alpha value is -13.0. The molecule has 1 unspecified atom stereocenters. The van der Waals surface area contributed by atoms with Crippen molar-refractivity contribution in [1.82, 2.24) is 60.5 Å². The number of halogens is 1. The second kappa shape index (κ2) is 56.6. The minimum atomic E-state index is -0.257. The van der Waals surface area contributed by atoms with Gasteiger partial charge in [0.05, 0.1) is 60.1 Å². The number of hydrogen-bond acceptors (Lipinski definition) is 23. The number of aryl methyl sites for hydroxylation is 2. The Labute approximate surface area is 896 Å². The zero-order valence-electron chi connectivity index (χ0n) is 87.6. The maximum Gasteiger partial charge on any atom is 0.265 e. The van der Waals surface area contributed by atoms with Gasteiger partial charge in [0.1, 0.15) is 0 Å². The van der Waals surface area contributed by atoms with Crippen molar-refractivity contribution in [2.24, 2.45) is 0 Å². The lowest BCUT2D eigenvalue weighted by molar-refractivity contribution is 0.0943. The van der Waals surface area contributed by atoms with Crippen molar-refractivity contribution in [2.45, 2.75) is 51.5 Å². The second-order valence-electron chi connectivity index (χ2n) is 39.5. The topological polar surface area (TPSA) is 272 Å². The van der Waals surface area contributed by atoms with E-state index in [0.717, 1.165) is 206 Å². The molecule has 1 saturated carbocycles. The van der Waals surface area contributed by atoms with E-state index in [0.29, 0.717) is 95.8 Å². The highest BCUT2D eigenvalue weighted by molar-refractivity contribution is 7.12. The molecule has 7 heterocycles. The summed E-state index contributed by atoms with van der Waals surface area (Å²) in [5, 5.41) is 30.7. The summed E-state index contributed by atoms with van der Waals surface area (Å²) in [4.78, 5) is 134. The number of benzene rings is 9. The van der Waals surface area contributed by atoms with Gasteiger partial charge >= 0.3 is 0 Å². The largest absolute Gasteiger partial charge is 0.367 e. The Kier molecular flexibility index (Phi) is 42.4. The van der Waals surface area contributed by atoms with E-state index in [1.54, 1.807) is 48.5 Å². The molecule has 1 aliphatic carbocycles. The van der Waals surface area contributed by atoms with Gasteiger partial charge in [-0.3, -0.25) is 58.0 Å². The molecule has 28 nitrogen and oxygen atoms in total. The fourth-order valence-electron chi connectivity index (χ4n) is 18.2. The van der Waals surface area contributed by atoms with Gasteiger partial charge in [0.15, 0.2) is 0 Å². The number of piperazine rings is 4. The first kappa shape index (κ1) is 112. The summed E-state index contributed by atoms with van der Waals surface area (Å²) in [6, 6.07) is 77.6. The van der Waals surface area contributed by atoms with Crippen LogP contribution in [0.1, 0.15) is 127 Å². The average molecular weight is 2090 g/mol. The number of rotatable bonds is 39. The summed E-state index contributed by atoms with van der Waals surface area (Å²) >= 11 is 10.3. The van der Waals surface area contributed by atoms with Crippen molar-refractivity contribution in [2.75, 3.05) is 274 Å². The Morgan fingerprint density at radius 2 is 0.624 bits per heavy atom. The lowest BCUT2D eigenvalue weighted by Crippen LogP contribution is -2.48. The summed E-state index contributed by atoms with van der Waals surface area (Å²) in [6.07, 6.45) is 3.24. The van der Waals surface area contributed by atoms with E-state index in [2.05, 4.69) is 238 Å². The first-order chi connectivity index (χ1) is 72.1. The molecule has 0 radical (unpaired) electrons. The van der Waals surface area contributed by atoms with Crippen LogP contribution in [-0.4, -0.2) is 326 Å². The van der Waals surface area contributed by atoms with Crippen LogP contribution in [0.15, 0.2) is 259 Å². The molecule has 12 aromatic rings. The third kappa shape index (κ3) is 34.8. The van der Waals surface area contributed by atoms with Gasteiger partial charge in [0.2, 0.25) is 0 Å². The Balaban J connectivity index is 0.000000157. The van der Waals surface area contributed by atoms with Gasteiger partial charge < -0.3 is 81.7 Å². The molecule has 5 fully saturated rings. The lowest BCUT2D eigenvalue weighted by Gasteiger charge is -2.37. The number of amides is 8. The van der Waals surface area contributed by atoms with Crippen LogP contribution in [0.3, 0.4) is 0 Å². The third-order valence-corrected chi connectivity index (χ3v) is 30.0. The molecule has 149 heavy (non-hydrogen) atoms. The molecule has 9 aromatic carbocycles. The first-order valence-electron chi connectivity index (χ1n) is 51.7. The predicted octanol–water partition coefficient (Wildman–Crippen LogP) is 16.1. The molecule has 2 atom stereocenters. The second-order valence-corrected chi connectivity index (χ2v) is 42.8. The predicted molar refractivity (Wildman–Crippen MR) is 613 cm³/mol. The Morgan fingerprint density at radius 1 is 0.302 bits per heavy atom. The molecule has 4 aliphatic heterocycles. The SMILES string of the molecule is CN(C)CCN1CCN(c2ccc(C(=O)NC3C[C@@H]3c3ccccc3)cc2NC(=O)c2cccc(Cl)c2)CC1.CN(C)CCN1CCN(c2ccc(C(=O)NCCc3ccccc3)cc2NC(=O)c2cccs2)CC1.Cc1ccc(CCNC(=O)c2ccc(N3CCN(CCN(C)C)CC3)c(NC(=O)c3cccs3)c2)cc1.Cc1cccc(CCNC(=O)c2ccc(N3CCN(CCN(C)C)CC3)c(NC(=O)c3cccs3)c2)c1. The highest BCUT2D eigenvalue weighted by atomic mass is 35.5. The van der Waals surface area contributed by atoms with E-state index < -0.39 is 0 Å². The number of carbonyl (C=O) groups excluding carboxylic acids is 8. The van der Waals surface area contributed by atoms with E-state index >= 15 is 0 Å². The molecule has 8 amide bonds. The van der Waals surface area contributed by atoms with Crippen molar-refractivity contribution in [3.8, 4) is 0 Å². The summed E-state index contributed by atoms with van der Waals surface area (Å²) in [7, 11) is 16.8. The highest BCUT2D eigenvalue weighted by Gasteiger charge is 2.40. The van der Waals surface area contributed by atoms with Crippen LogP contribution in [0.2, 0.25) is 5.02 Å². The summed E-state index contributed by atoms with van der Waals surface area (Å²) < 4.78 is 0. The monoisotopic (exact) mass is 2090 g/mol.